The van der Waals surface area contributed by atoms with E-state index in [4.69, 9.17) is 9.15 Å². The van der Waals surface area contributed by atoms with Crippen LogP contribution >= 0.6 is 0 Å². The van der Waals surface area contributed by atoms with Gasteiger partial charge < -0.3 is 13.7 Å². The van der Waals surface area contributed by atoms with Crippen molar-refractivity contribution >= 4 is 11.8 Å². The molecule has 0 spiro atoms. The standard InChI is InChI=1S/C23H23F3N2O4/c1-14-4-6-17(7-5-14)20-11-27-21(32-20)8-9-22(30)31-12-19(29)18-10-15(2)28(16(18)3)13-23(24,25)26/h4-7,10-11H,8-9,12-13H2,1-3H3. The third kappa shape index (κ3) is 5.87. The van der Waals surface area contributed by atoms with Gasteiger partial charge in [-0.25, -0.2) is 4.98 Å². The van der Waals surface area contributed by atoms with Gasteiger partial charge in [-0.3, -0.25) is 9.59 Å². The van der Waals surface area contributed by atoms with E-state index < -0.39 is 31.1 Å². The molecule has 0 amide bonds. The average Bonchev–Trinajstić information content (AvgIpc) is 3.30. The summed E-state index contributed by atoms with van der Waals surface area (Å²) in [5.74, 6) is -0.243. The van der Waals surface area contributed by atoms with Gasteiger partial charge in [-0.1, -0.05) is 29.8 Å². The number of aromatic nitrogens is 2. The second kappa shape index (κ2) is 9.42. The molecular formula is C23H23F3N2O4. The smallest absolute Gasteiger partial charge is 0.406 e. The van der Waals surface area contributed by atoms with Crippen molar-refractivity contribution in [1.29, 1.82) is 0 Å². The summed E-state index contributed by atoms with van der Waals surface area (Å²) < 4.78 is 49.8. The topological polar surface area (TPSA) is 74.3 Å². The molecule has 0 aliphatic rings. The number of aryl methyl sites for hydroxylation is 3. The molecule has 0 saturated heterocycles. The minimum atomic E-state index is -4.40. The molecule has 0 radical (unpaired) electrons. The predicted molar refractivity (Wildman–Crippen MR) is 110 cm³/mol. The number of alkyl halides is 3. The van der Waals surface area contributed by atoms with E-state index in [1.165, 1.54) is 19.9 Å². The van der Waals surface area contributed by atoms with Gasteiger partial charge in [-0.2, -0.15) is 13.2 Å². The molecule has 3 aromatic rings. The van der Waals surface area contributed by atoms with E-state index in [0.29, 0.717) is 17.3 Å². The first-order valence-electron chi connectivity index (χ1n) is 9.97. The predicted octanol–water partition coefficient (Wildman–Crippen LogP) is 4.99. The van der Waals surface area contributed by atoms with Gasteiger partial charge in [0.1, 0.15) is 6.54 Å². The maximum atomic E-state index is 12.7. The van der Waals surface area contributed by atoms with Crippen molar-refractivity contribution < 1.29 is 31.9 Å². The fourth-order valence-electron chi connectivity index (χ4n) is 3.29. The SMILES string of the molecule is Cc1ccc(-c2cnc(CCC(=O)OCC(=O)c3cc(C)n(CC(F)(F)F)c3C)o2)cc1. The molecule has 0 aliphatic carbocycles. The first kappa shape index (κ1) is 23.3. The monoisotopic (exact) mass is 448 g/mol. The molecule has 9 heteroatoms. The van der Waals surface area contributed by atoms with Crippen LogP contribution in [0.3, 0.4) is 0 Å². The lowest BCUT2D eigenvalue weighted by molar-refractivity contribution is -0.142. The molecule has 0 unspecified atom stereocenters. The van der Waals surface area contributed by atoms with Crippen LogP contribution in [0.4, 0.5) is 13.2 Å². The highest BCUT2D eigenvalue weighted by Gasteiger charge is 2.30. The fraction of sp³-hybridized carbons (Fsp3) is 0.348. The third-order valence-corrected chi connectivity index (χ3v) is 5.01. The zero-order chi connectivity index (χ0) is 23.5. The minimum Gasteiger partial charge on any atom is -0.457 e. The number of ketones is 1. The molecule has 0 N–H and O–H groups in total. The Morgan fingerprint density at radius 2 is 1.81 bits per heavy atom. The van der Waals surface area contributed by atoms with E-state index in [0.717, 1.165) is 15.7 Å². The summed E-state index contributed by atoms with van der Waals surface area (Å²) in [6, 6.07) is 9.09. The second-order valence-electron chi connectivity index (χ2n) is 7.55. The van der Waals surface area contributed by atoms with Crippen molar-refractivity contribution in [2.24, 2.45) is 0 Å². The zero-order valence-corrected chi connectivity index (χ0v) is 18.0. The number of benzene rings is 1. The third-order valence-electron chi connectivity index (χ3n) is 5.01. The summed E-state index contributed by atoms with van der Waals surface area (Å²) in [5, 5.41) is 0. The highest BCUT2D eigenvalue weighted by atomic mass is 19.4. The van der Waals surface area contributed by atoms with Gasteiger partial charge in [0.05, 0.1) is 12.6 Å². The minimum absolute atomic E-state index is 0.0474. The maximum Gasteiger partial charge on any atom is 0.406 e. The Bertz CT molecular complexity index is 1110. The van der Waals surface area contributed by atoms with Gasteiger partial charge in [-0.05, 0) is 26.8 Å². The van der Waals surface area contributed by atoms with Crippen LogP contribution in [-0.2, 0) is 22.5 Å². The van der Waals surface area contributed by atoms with E-state index in [2.05, 4.69) is 4.98 Å². The van der Waals surface area contributed by atoms with Crippen LogP contribution < -0.4 is 0 Å². The maximum absolute atomic E-state index is 12.7. The molecule has 1 aromatic carbocycles. The van der Waals surface area contributed by atoms with Crippen molar-refractivity contribution in [3.8, 4) is 11.3 Å². The van der Waals surface area contributed by atoms with Crippen molar-refractivity contribution in [1.82, 2.24) is 9.55 Å². The molecule has 0 bridgehead atoms. The molecule has 170 valence electrons. The molecule has 2 aromatic heterocycles. The van der Waals surface area contributed by atoms with E-state index >= 15 is 0 Å². The Balaban J connectivity index is 1.52. The van der Waals surface area contributed by atoms with Crippen molar-refractivity contribution in [3.05, 3.63) is 64.9 Å². The fourth-order valence-corrected chi connectivity index (χ4v) is 3.29. The van der Waals surface area contributed by atoms with Crippen LogP contribution in [-0.4, -0.2) is 34.1 Å². The van der Waals surface area contributed by atoms with Gasteiger partial charge in [-0.15, -0.1) is 0 Å². The number of nitrogens with zero attached hydrogens (tertiary/aromatic N) is 2. The molecule has 6 nitrogen and oxygen atoms in total. The van der Waals surface area contributed by atoms with Crippen LogP contribution in [0.5, 0.6) is 0 Å². The van der Waals surface area contributed by atoms with Crippen molar-refractivity contribution in [2.45, 2.75) is 46.3 Å². The lowest BCUT2D eigenvalue weighted by Gasteiger charge is -2.12. The highest BCUT2D eigenvalue weighted by molar-refractivity contribution is 5.99. The molecular weight excluding hydrogens is 425 g/mol. The lowest BCUT2D eigenvalue weighted by atomic mass is 10.1. The normalized spacial score (nSPS) is 11.6. The van der Waals surface area contributed by atoms with E-state index in [9.17, 15) is 22.8 Å². The number of Topliss-reactive ketones (excluding diaryl/α,β-unsaturated/α-hetero) is 1. The first-order chi connectivity index (χ1) is 15.0. The Morgan fingerprint density at radius 3 is 2.47 bits per heavy atom. The molecule has 0 fully saturated rings. The lowest BCUT2D eigenvalue weighted by Crippen LogP contribution is -2.20. The number of esters is 1. The van der Waals surface area contributed by atoms with Crippen molar-refractivity contribution in [3.63, 3.8) is 0 Å². The largest absolute Gasteiger partial charge is 0.457 e. The number of halogens is 3. The quantitative estimate of drug-likeness (QED) is 0.359. The van der Waals surface area contributed by atoms with E-state index in [1.54, 1.807) is 6.20 Å². The number of oxazole rings is 1. The number of hydrogen-bond acceptors (Lipinski definition) is 5. The summed E-state index contributed by atoms with van der Waals surface area (Å²) in [6.07, 6.45) is -2.68. The second-order valence-corrected chi connectivity index (χ2v) is 7.55. The highest BCUT2D eigenvalue weighted by Crippen LogP contribution is 2.24. The number of rotatable bonds is 8. The summed E-state index contributed by atoms with van der Waals surface area (Å²) in [5.41, 5.74) is 2.58. The van der Waals surface area contributed by atoms with E-state index in [-0.39, 0.29) is 24.1 Å². The first-order valence-corrected chi connectivity index (χ1v) is 9.97. The van der Waals surface area contributed by atoms with E-state index in [1.807, 2.05) is 31.2 Å². The zero-order valence-electron chi connectivity index (χ0n) is 18.0. The molecule has 0 saturated carbocycles. The number of carbonyl (C=O) groups is 2. The van der Waals surface area contributed by atoms with Crippen LogP contribution in [0.1, 0.15) is 39.6 Å². The summed E-state index contributed by atoms with van der Waals surface area (Å²) in [6.45, 7) is 3.17. The van der Waals surface area contributed by atoms with Crippen molar-refractivity contribution in [2.75, 3.05) is 6.61 Å². The van der Waals surface area contributed by atoms with Gasteiger partial charge >= 0.3 is 12.1 Å². The van der Waals surface area contributed by atoms with Gasteiger partial charge in [0.15, 0.2) is 18.3 Å². The number of carbonyl (C=O) groups excluding carboxylic acids is 2. The molecule has 2 heterocycles. The molecule has 3 rings (SSSR count). The Labute approximate surface area is 183 Å². The average molecular weight is 448 g/mol. The van der Waals surface area contributed by atoms with Crippen LogP contribution in [0.2, 0.25) is 0 Å². The van der Waals surface area contributed by atoms with Gasteiger partial charge in [0.2, 0.25) is 5.78 Å². The number of hydrogen-bond donors (Lipinski definition) is 0. The molecule has 0 atom stereocenters. The number of ether oxygens (including phenoxy) is 1. The Hall–Kier alpha value is -3.36. The molecule has 32 heavy (non-hydrogen) atoms. The Morgan fingerprint density at radius 1 is 1.12 bits per heavy atom. The van der Waals surface area contributed by atoms with Crippen LogP contribution in [0.25, 0.3) is 11.3 Å². The summed E-state index contributed by atoms with van der Waals surface area (Å²) >= 11 is 0. The van der Waals surface area contributed by atoms with Crippen LogP contribution in [0.15, 0.2) is 40.9 Å². The van der Waals surface area contributed by atoms with Gasteiger partial charge in [0.25, 0.3) is 0 Å². The summed E-state index contributed by atoms with van der Waals surface area (Å²) in [7, 11) is 0. The van der Waals surface area contributed by atoms with Gasteiger partial charge in [0, 0.05) is 28.9 Å². The Kier molecular flexibility index (Phi) is 6.86. The molecule has 0 aliphatic heterocycles. The summed E-state index contributed by atoms with van der Waals surface area (Å²) in [4.78, 5) is 28.5. The van der Waals surface area contributed by atoms with Crippen LogP contribution in [0, 0.1) is 20.8 Å².